The van der Waals surface area contributed by atoms with Gasteiger partial charge in [-0.1, -0.05) is 36.1 Å². The summed E-state index contributed by atoms with van der Waals surface area (Å²) in [5, 5.41) is 12.3. The van der Waals surface area contributed by atoms with E-state index in [0.717, 1.165) is 45.0 Å². The van der Waals surface area contributed by atoms with Gasteiger partial charge in [-0.2, -0.15) is 10.2 Å². The van der Waals surface area contributed by atoms with Crippen molar-refractivity contribution in [2.24, 2.45) is 0 Å². The predicted molar refractivity (Wildman–Crippen MR) is 176 cm³/mol. The number of ether oxygens (including phenoxy) is 1. The van der Waals surface area contributed by atoms with Gasteiger partial charge >= 0.3 is 0 Å². The topological polar surface area (TPSA) is 124 Å². The van der Waals surface area contributed by atoms with E-state index in [1.165, 1.54) is 0 Å². The first-order chi connectivity index (χ1) is 23.0. The monoisotopic (exact) mass is 627 g/mol. The lowest BCUT2D eigenvalue weighted by atomic mass is 10.1. The van der Waals surface area contributed by atoms with Crippen LogP contribution in [0.15, 0.2) is 84.2 Å². The highest BCUT2D eigenvalue weighted by Gasteiger charge is 2.24. The van der Waals surface area contributed by atoms with Crippen molar-refractivity contribution in [3.8, 4) is 17.5 Å². The van der Waals surface area contributed by atoms with Gasteiger partial charge in [0.2, 0.25) is 0 Å². The van der Waals surface area contributed by atoms with Crippen molar-refractivity contribution in [3.05, 3.63) is 118 Å². The number of amides is 1. The van der Waals surface area contributed by atoms with Gasteiger partial charge in [0, 0.05) is 43.8 Å². The summed E-state index contributed by atoms with van der Waals surface area (Å²) in [5.74, 6) is 6.41. The number of hydrogen-bond donors (Lipinski definition) is 1. The molecular formula is C35H33N9O3. The van der Waals surface area contributed by atoms with Crippen LogP contribution in [0, 0.1) is 18.8 Å². The molecule has 1 amide bonds. The molecule has 0 spiro atoms. The Labute approximate surface area is 270 Å². The van der Waals surface area contributed by atoms with Crippen LogP contribution in [0.4, 0.5) is 0 Å². The minimum absolute atomic E-state index is 0.280. The van der Waals surface area contributed by atoms with Crippen molar-refractivity contribution in [2.45, 2.75) is 26.4 Å². The van der Waals surface area contributed by atoms with Crippen molar-refractivity contribution < 1.29 is 9.53 Å². The van der Waals surface area contributed by atoms with Crippen LogP contribution in [0.3, 0.4) is 0 Å². The maximum atomic E-state index is 14.4. The van der Waals surface area contributed by atoms with Crippen LogP contribution in [0.1, 0.15) is 46.0 Å². The van der Waals surface area contributed by atoms with Crippen molar-refractivity contribution in [2.75, 3.05) is 32.8 Å². The summed E-state index contributed by atoms with van der Waals surface area (Å²) in [5.41, 5.74) is 3.51. The lowest BCUT2D eigenvalue weighted by Gasteiger charge is -2.26. The Morgan fingerprint density at radius 1 is 1.04 bits per heavy atom. The zero-order chi connectivity index (χ0) is 32.3. The lowest BCUT2D eigenvalue weighted by Crippen LogP contribution is -2.38. The number of benzene rings is 2. The molecule has 1 atom stereocenters. The Hall–Kier alpha value is -5.64. The van der Waals surface area contributed by atoms with Gasteiger partial charge in [0.1, 0.15) is 11.4 Å². The second kappa shape index (κ2) is 13.0. The molecule has 1 aliphatic heterocycles. The fourth-order valence-electron chi connectivity index (χ4n) is 5.82. The molecule has 12 nitrogen and oxygen atoms in total. The van der Waals surface area contributed by atoms with E-state index >= 15 is 0 Å². The van der Waals surface area contributed by atoms with E-state index in [9.17, 15) is 9.59 Å². The van der Waals surface area contributed by atoms with Crippen molar-refractivity contribution in [1.82, 2.24) is 44.1 Å². The minimum atomic E-state index is -0.643. The molecule has 4 aromatic heterocycles. The fraction of sp³-hybridized carbons (Fsp3) is 0.257. The number of carbonyl (C=O) groups excluding carboxylic acids is 1. The third kappa shape index (κ3) is 6.14. The number of aromatic nitrogens is 7. The molecule has 6 aromatic rings. The zero-order valence-corrected chi connectivity index (χ0v) is 26.1. The first kappa shape index (κ1) is 30.0. The molecule has 236 valence electrons. The van der Waals surface area contributed by atoms with Crippen LogP contribution in [-0.4, -0.2) is 77.6 Å². The number of morpholine rings is 1. The van der Waals surface area contributed by atoms with Crippen LogP contribution in [-0.2, 0) is 11.3 Å². The predicted octanol–water partition coefficient (Wildman–Crippen LogP) is 3.16. The number of hydrogen-bond acceptors (Lipinski definition) is 8. The first-order valence-corrected chi connectivity index (χ1v) is 15.5. The van der Waals surface area contributed by atoms with Crippen LogP contribution in [0.25, 0.3) is 22.2 Å². The number of carbonyl (C=O) groups is 1. The maximum absolute atomic E-state index is 14.4. The number of nitrogens with zero attached hydrogens (tertiary/aromatic N) is 8. The summed E-state index contributed by atoms with van der Waals surface area (Å²) >= 11 is 0. The molecule has 5 heterocycles. The Bertz CT molecular complexity index is 2200. The van der Waals surface area contributed by atoms with Gasteiger partial charge in [-0.25, -0.2) is 14.5 Å². The molecule has 0 aliphatic carbocycles. The van der Waals surface area contributed by atoms with E-state index in [-0.39, 0.29) is 11.5 Å². The number of fused-ring (bicyclic) bond motifs is 2. The van der Waals surface area contributed by atoms with E-state index in [1.54, 1.807) is 53.7 Å². The zero-order valence-electron chi connectivity index (χ0n) is 26.1. The second-order valence-corrected chi connectivity index (χ2v) is 11.4. The molecule has 0 radical (unpaired) electrons. The average molecular weight is 628 g/mol. The van der Waals surface area contributed by atoms with E-state index < -0.39 is 6.04 Å². The molecule has 0 saturated carbocycles. The third-order valence-corrected chi connectivity index (χ3v) is 8.19. The molecule has 7 rings (SSSR count). The molecule has 0 unspecified atom stereocenters. The highest BCUT2D eigenvalue weighted by Crippen LogP contribution is 2.21. The Kier molecular flexibility index (Phi) is 8.31. The van der Waals surface area contributed by atoms with Crippen molar-refractivity contribution in [3.63, 3.8) is 0 Å². The number of para-hydroxylation sites is 1. The maximum Gasteiger partial charge on any atom is 0.267 e. The summed E-state index contributed by atoms with van der Waals surface area (Å²) in [6, 6.07) is 15.8. The molecule has 1 fully saturated rings. The van der Waals surface area contributed by atoms with Gasteiger partial charge in [0.15, 0.2) is 5.65 Å². The number of nitrogens with one attached hydrogen (secondary N) is 1. The fourth-order valence-corrected chi connectivity index (χ4v) is 5.82. The highest BCUT2D eigenvalue weighted by atomic mass is 16.5. The normalized spacial score (nSPS) is 14.2. The molecular weight excluding hydrogens is 594 g/mol. The van der Waals surface area contributed by atoms with E-state index in [2.05, 4.69) is 37.2 Å². The smallest absolute Gasteiger partial charge is 0.267 e. The Balaban J connectivity index is 1.22. The quantitative estimate of drug-likeness (QED) is 0.268. The summed E-state index contributed by atoms with van der Waals surface area (Å²) in [6.45, 7) is 8.59. The Morgan fingerprint density at radius 3 is 2.70 bits per heavy atom. The van der Waals surface area contributed by atoms with Crippen LogP contribution in [0.5, 0.6) is 0 Å². The summed E-state index contributed by atoms with van der Waals surface area (Å²) in [6.07, 6.45) is 7.02. The lowest BCUT2D eigenvalue weighted by molar-refractivity contribution is 0.0359. The first-order valence-electron chi connectivity index (χ1n) is 15.5. The molecule has 1 saturated heterocycles. The van der Waals surface area contributed by atoms with Crippen molar-refractivity contribution in [1.29, 1.82) is 0 Å². The molecule has 2 aromatic carbocycles. The summed E-state index contributed by atoms with van der Waals surface area (Å²) < 4.78 is 10.4. The summed E-state index contributed by atoms with van der Waals surface area (Å²) in [7, 11) is 0. The van der Waals surface area contributed by atoms with Crippen LogP contribution >= 0.6 is 0 Å². The van der Waals surface area contributed by atoms with Gasteiger partial charge in [-0.3, -0.25) is 23.7 Å². The molecule has 1 aliphatic rings. The SMILES string of the molecule is Cc1nn2cccnc2c1C(=O)N[C@@H](C)c1nc2cccc(C#Cc3cnn(CCN4CCOCC4)c3)c2c(=O)n1-c1ccccc1. The largest absolute Gasteiger partial charge is 0.379 e. The van der Waals surface area contributed by atoms with Gasteiger partial charge in [-0.05, 0) is 44.2 Å². The molecule has 0 bridgehead atoms. The van der Waals surface area contributed by atoms with Gasteiger partial charge in [-0.15, -0.1) is 0 Å². The van der Waals surface area contributed by atoms with Gasteiger partial charge in [0.05, 0.1) is 59.8 Å². The van der Waals surface area contributed by atoms with E-state index in [1.807, 2.05) is 53.3 Å². The standard InChI is InChI=1S/C35H33N9O3/c1-24-30(33-36-14-7-15-43(33)40-24)34(45)38-25(2)32-39-29-11-6-8-27(31(29)35(46)44(32)28-9-4-3-5-10-28)13-12-26-22-37-42(23-26)17-16-41-18-20-47-21-19-41/h3-11,14-15,22-23,25H,16-21H2,1-2H3,(H,38,45)/t25-/m0/s1. The van der Waals surface area contributed by atoms with Gasteiger partial charge < -0.3 is 10.1 Å². The van der Waals surface area contributed by atoms with Gasteiger partial charge in [0.25, 0.3) is 11.5 Å². The number of aryl methyl sites for hydroxylation is 1. The van der Waals surface area contributed by atoms with E-state index in [0.29, 0.717) is 44.9 Å². The van der Waals surface area contributed by atoms with Crippen LogP contribution < -0.4 is 10.9 Å². The molecule has 1 N–H and O–H groups in total. The minimum Gasteiger partial charge on any atom is -0.379 e. The van der Waals surface area contributed by atoms with Crippen molar-refractivity contribution >= 4 is 22.5 Å². The van der Waals surface area contributed by atoms with E-state index in [4.69, 9.17) is 9.72 Å². The highest BCUT2D eigenvalue weighted by molar-refractivity contribution is 6.01. The molecule has 47 heavy (non-hydrogen) atoms. The third-order valence-electron chi connectivity index (χ3n) is 8.19. The molecule has 12 heteroatoms. The Morgan fingerprint density at radius 2 is 1.87 bits per heavy atom. The average Bonchev–Trinajstić information content (AvgIpc) is 3.70. The second-order valence-electron chi connectivity index (χ2n) is 11.4. The van der Waals surface area contributed by atoms with Crippen LogP contribution in [0.2, 0.25) is 0 Å². The summed E-state index contributed by atoms with van der Waals surface area (Å²) in [4.78, 5) is 39.6. The number of rotatable bonds is 7.